The van der Waals surface area contributed by atoms with Gasteiger partial charge in [-0.25, -0.2) is 13.1 Å². The van der Waals surface area contributed by atoms with Crippen LogP contribution in [0.3, 0.4) is 0 Å². The van der Waals surface area contributed by atoms with Gasteiger partial charge in [0.15, 0.2) is 0 Å². The quantitative estimate of drug-likeness (QED) is 0.814. The average molecular weight is 315 g/mol. The Labute approximate surface area is 125 Å². The van der Waals surface area contributed by atoms with Crippen LogP contribution in [0.25, 0.3) is 0 Å². The molecule has 1 atom stereocenters. The summed E-state index contributed by atoms with van der Waals surface area (Å²) >= 11 is 0. The van der Waals surface area contributed by atoms with Crippen LogP contribution in [0.5, 0.6) is 5.75 Å². The molecule has 0 amide bonds. The maximum absolute atomic E-state index is 12.4. The first-order valence-corrected chi connectivity index (χ1v) is 8.40. The van der Waals surface area contributed by atoms with E-state index >= 15 is 0 Å². The van der Waals surface area contributed by atoms with Gasteiger partial charge in [0, 0.05) is 13.2 Å². The number of benzene rings is 1. The molecule has 1 aromatic carbocycles. The van der Waals surface area contributed by atoms with Gasteiger partial charge in [-0.15, -0.1) is 0 Å². The third kappa shape index (κ3) is 4.16. The van der Waals surface area contributed by atoms with Gasteiger partial charge in [-0.2, -0.15) is 0 Å². The van der Waals surface area contributed by atoms with Crippen molar-refractivity contribution in [1.29, 1.82) is 0 Å². The van der Waals surface area contributed by atoms with E-state index in [2.05, 4.69) is 4.72 Å². The van der Waals surface area contributed by atoms with Gasteiger partial charge in [0.1, 0.15) is 10.6 Å². The fourth-order valence-electron chi connectivity index (χ4n) is 2.31. The van der Waals surface area contributed by atoms with Crippen LogP contribution in [-0.2, 0) is 21.4 Å². The van der Waals surface area contributed by atoms with E-state index in [9.17, 15) is 8.42 Å². The molecule has 1 saturated heterocycles. The van der Waals surface area contributed by atoms with E-state index in [1.165, 1.54) is 19.2 Å². The van der Waals surface area contributed by atoms with Crippen molar-refractivity contribution in [1.82, 2.24) is 4.72 Å². The van der Waals surface area contributed by atoms with E-state index in [-0.39, 0.29) is 23.2 Å². The highest BCUT2D eigenvalue weighted by Gasteiger charge is 2.22. The van der Waals surface area contributed by atoms with E-state index < -0.39 is 10.0 Å². The number of methoxy groups -OCH3 is 1. The zero-order chi connectivity index (χ0) is 15.3. The summed E-state index contributed by atoms with van der Waals surface area (Å²) < 4.78 is 37.8. The van der Waals surface area contributed by atoms with Gasteiger partial charge in [-0.3, -0.25) is 0 Å². The fraction of sp³-hybridized carbons (Fsp3) is 0.571. The van der Waals surface area contributed by atoms with Crippen molar-refractivity contribution < 1.29 is 23.0 Å². The summed E-state index contributed by atoms with van der Waals surface area (Å²) in [7, 11) is -2.23. The summed E-state index contributed by atoms with van der Waals surface area (Å²) in [5, 5.41) is 9.09. The number of rotatable bonds is 6. The predicted octanol–water partition coefficient (Wildman–Crippen LogP) is 0.892. The van der Waals surface area contributed by atoms with Crippen LogP contribution in [0.4, 0.5) is 0 Å². The van der Waals surface area contributed by atoms with Crippen LogP contribution in [0.1, 0.15) is 18.4 Å². The molecule has 0 bridgehead atoms. The van der Waals surface area contributed by atoms with Gasteiger partial charge < -0.3 is 14.6 Å². The molecule has 1 aliphatic heterocycles. The second-order valence-electron chi connectivity index (χ2n) is 5.08. The number of aliphatic hydroxyl groups excluding tert-OH is 1. The van der Waals surface area contributed by atoms with E-state index in [1.54, 1.807) is 6.07 Å². The van der Waals surface area contributed by atoms with E-state index in [0.717, 1.165) is 19.4 Å². The van der Waals surface area contributed by atoms with Crippen molar-refractivity contribution in [2.24, 2.45) is 5.92 Å². The molecule has 7 heteroatoms. The molecule has 0 radical (unpaired) electrons. The van der Waals surface area contributed by atoms with E-state index in [4.69, 9.17) is 14.6 Å². The minimum absolute atomic E-state index is 0.0823. The minimum atomic E-state index is -3.64. The van der Waals surface area contributed by atoms with Crippen molar-refractivity contribution in [3.05, 3.63) is 23.8 Å². The van der Waals surface area contributed by atoms with Crippen molar-refractivity contribution in [3.8, 4) is 5.75 Å². The Kier molecular flexibility index (Phi) is 5.58. The number of hydrogen-bond acceptors (Lipinski definition) is 5. The lowest BCUT2D eigenvalue weighted by Gasteiger charge is -2.22. The summed E-state index contributed by atoms with van der Waals surface area (Å²) in [6, 6.07) is 4.54. The first-order chi connectivity index (χ1) is 10.1. The molecule has 0 saturated carbocycles. The molecule has 21 heavy (non-hydrogen) atoms. The summed E-state index contributed by atoms with van der Waals surface area (Å²) in [6.45, 7) is 1.53. The molecule has 0 aliphatic carbocycles. The lowest BCUT2D eigenvalue weighted by atomic mass is 10.0. The smallest absolute Gasteiger partial charge is 0.244 e. The number of nitrogens with one attached hydrogen (secondary N) is 1. The van der Waals surface area contributed by atoms with Gasteiger partial charge >= 0.3 is 0 Å². The molecule has 2 rings (SSSR count). The first-order valence-electron chi connectivity index (χ1n) is 6.92. The number of hydrogen-bond donors (Lipinski definition) is 2. The number of sulfonamides is 1. The van der Waals surface area contributed by atoms with Crippen molar-refractivity contribution in [3.63, 3.8) is 0 Å². The molecule has 2 N–H and O–H groups in total. The standard InChI is InChI=1S/C14H21NO5S/c1-19-13-7-11(9-16)4-5-14(13)21(17,18)15-8-12-3-2-6-20-10-12/h4-5,7,12,15-16H,2-3,6,8-10H2,1H3. The lowest BCUT2D eigenvalue weighted by molar-refractivity contribution is 0.0568. The maximum atomic E-state index is 12.4. The topological polar surface area (TPSA) is 84.9 Å². The minimum Gasteiger partial charge on any atom is -0.495 e. The maximum Gasteiger partial charge on any atom is 0.244 e. The Balaban J connectivity index is 2.11. The van der Waals surface area contributed by atoms with Crippen LogP contribution in [0.2, 0.25) is 0 Å². The Morgan fingerprint density at radius 2 is 2.29 bits per heavy atom. The van der Waals surface area contributed by atoms with E-state index in [1.807, 2.05) is 0 Å². The van der Waals surface area contributed by atoms with Gasteiger partial charge in [-0.1, -0.05) is 6.07 Å². The van der Waals surface area contributed by atoms with Gasteiger partial charge in [0.05, 0.1) is 20.3 Å². The molecule has 1 aromatic rings. The first kappa shape index (κ1) is 16.2. The predicted molar refractivity (Wildman–Crippen MR) is 77.6 cm³/mol. The Morgan fingerprint density at radius 1 is 1.48 bits per heavy atom. The molecule has 1 fully saturated rings. The lowest BCUT2D eigenvalue weighted by Crippen LogP contribution is -2.33. The van der Waals surface area contributed by atoms with Gasteiger partial charge in [0.25, 0.3) is 0 Å². The molecule has 0 aromatic heterocycles. The van der Waals surface area contributed by atoms with Crippen LogP contribution in [0.15, 0.2) is 23.1 Å². The highest BCUT2D eigenvalue weighted by atomic mass is 32.2. The van der Waals surface area contributed by atoms with Crippen LogP contribution in [-0.4, -0.2) is 40.4 Å². The molecule has 0 spiro atoms. The average Bonchev–Trinajstić information content (AvgIpc) is 2.53. The van der Waals surface area contributed by atoms with Crippen molar-refractivity contribution >= 4 is 10.0 Å². The second kappa shape index (κ2) is 7.22. The van der Waals surface area contributed by atoms with Crippen LogP contribution < -0.4 is 9.46 Å². The monoisotopic (exact) mass is 315 g/mol. The molecule has 6 nitrogen and oxygen atoms in total. The molecular weight excluding hydrogens is 294 g/mol. The number of aliphatic hydroxyl groups is 1. The van der Waals surface area contributed by atoms with Gasteiger partial charge in [0.2, 0.25) is 10.0 Å². The third-order valence-electron chi connectivity index (χ3n) is 3.52. The largest absolute Gasteiger partial charge is 0.495 e. The summed E-state index contributed by atoms with van der Waals surface area (Å²) in [4.78, 5) is 0.0823. The second-order valence-corrected chi connectivity index (χ2v) is 6.81. The third-order valence-corrected chi connectivity index (χ3v) is 4.98. The fourth-order valence-corrected chi connectivity index (χ4v) is 3.57. The Morgan fingerprint density at radius 3 is 2.90 bits per heavy atom. The zero-order valence-electron chi connectivity index (χ0n) is 12.0. The Bertz CT molecular complexity index is 567. The Hall–Kier alpha value is -1.15. The van der Waals surface area contributed by atoms with Crippen molar-refractivity contribution in [2.45, 2.75) is 24.3 Å². The normalized spacial score (nSPS) is 19.4. The molecular formula is C14H21NO5S. The molecule has 1 unspecified atom stereocenters. The molecule has 1 heterocycles. The molecule has 1 aliphatic rings. The number of ether oxygens (including phenoxy) is 2. The van der Waals surface area contributed by atoms with E-state index in [0.29, 0.717) is 18.7 Å². The highest BCUT2D eigenvalue weighted by Crippen LogP contribution is 2.25. The SMILES string of the molecule is COc1cc(CO)ccc1S(=O)(=O)NCC1CCCOC1. The van der Waals surface area contributed by atoms with Gasteiger partial charge in [-0.05, 0) is 36.5 Å². The summed E-state index contributed by atoms with van der Waals surface area (Å²) in [5.74, 6) is 0.435. The zero-order valence-corrected chi connectivity index (χ0v) is 12.9. The molecule has 118 valence electrons. The summed E-state index contributed by atoms with van der Waals surface area (Å²) in [6.07, 6.45) is 1.92. The van der Waals surface area contributed by atoms with Crippen LogP contribution >= 0.6 is 0 Å². The highest BCUT2D eigenvalue weighted by molar-refractivity contribution is 7.89. The van der Waals surface area contributed by atoms with Crippen molar-refractivity contribution in [2.75, 3.05) is 26.9 Å². The summed E-state index contributed by atoms with van der Waals surface area (Å²) in [5.41, 5.74) is 0.603. The van der Waals surface area contributed by atoms with Crippen LogP contribution in [0, 0.1) is 5.92 Å².